The lowest BCUT2D eigenvalue weighted by molar-refractivity contribution is -0.387. The highest BCUT2D eigenvalue weighted by Crippen LogP contribution is 2.22. The molecule has 0 spiro atoms. The fourth-order valence-corrected chi connectivity index (χ4v) is 2.40. The molecule has 0 aromatic heterocycles. The molecule has 10 nitrogen and oxygen atoms in total. The van der Waals surface area contributed by atoms with E-state index in [4.69, 9.17) is 9.47 Å². The fraction of sp³-hybridized carbons (Fsp3) is 0.286. The van der Waals surface area contributed by atoms with Gasteiger partial charge < -0.3 is 14.8 Å². The Balaban J connectivity index is 2.01. The van der Waals surface area contributed by atoms with Crippen LogP contribution >= 0.6 is 0 Å². The lowest BCUT2D eigenvalue weighted by atomic mass is 10.2. The van der Waals surface area contributed by atoms with Crippen LogP contribution in [-0.2, 0) is 14.3 Å². The third-order valence-electron chi connectivity index (χ3n) is 3.81. The predicted octanol–water partition coefficient (Wildman–Crippen LogP) is 4.26. The van der Waals surface area contributed by atoms with Crippen LogP contribution in [0.15, 0.2) is 42.5 Å². The summed E-state index contributed by atoms with van der Waals surface area (Å²) in [6, 6.07) is 8.66. The molecular formula is C21H22FN3O7. The van der Waals surface area contributed by atoms with Gasteiger partial charge in [0.25, 0.3) is 5.91 Å². The summed E-state index contributed by atoms with van der Waals surface area (Å²) < 4.78 is 23.7. The van der Waals surface area contributed by atoms with Crippen LogP contribution in [0.25, 0.3) is 0 Å². The molecule has 2 aromatic rings. The van der Waals surface area contributed by atoms with Crippen LogP contribution in [0.5, 0.6) is 0 Å². The van der Waals surface area contributed by atoms with Crippen LogP contribution in [0.2, 0.25) is 0 Å². The molecule has 0 fully saturated rings. The van der Waals surface area contributed by atoms with Gasteiger partial charge in [-0.25, -0.2) is 9.59 Å². The maximum absolute atomic E-state index is 13.4. The van der Waals surface area contributed by atoms with E-state index in [1.807, 2.05) is 0 Å². The van der Waals surface area contributed by atoms with Gasteiger partial charge in [-0.05, 0) is 58.0 Å². The zero-order valence-electron chi connectivity index (χ0n) is 17.8. The highest BCUT2D eigenvalue weighted by atomic mass is 19.1. The van der Waals surface area contributed by atoms with Crippen LogP contribution in [0.3, 0.4) is 0 Å². The summed E-state index contributed by atoms with van der Waals surface area (Å²) in [5, 5.41) is 15.6. The van der Waals surface area contributed by atoms with Gasteiger partial charge >= 0.3 is 17.7 Å². The van der Waals surface area contributed by atoms with Gasteiger partial charge in [0.15, 0.2) is 6.10 Å². The maximum atomic E-state index is 13.4. The lowest BCUT2D eigenvalue weighted by Crippen LogP contribution is -2.30. The van der Waals surface area contributed by atoms with E-state index in [0.717, 1.165) is 18.2 Å². The molecule has 0 aliphatic rings. The average Bonchev–Trinajstić information content (AvgIpc) is 2.67. The molecule has 0 radical (unpaired) electrons. The van der Waals surface area contributed by atoms with Gasteiger partial charge in [-0.2, -0.15) is 4.39 Å². The van der Waals surface area contributed by atoms with Gasteiger partial charge in [0.05, 0.1) is 10.5 Å². The van der Waals surface area contributed by atoms with Crippen LogP contribution < -0.4 is 10.6 Å². The molecule has 2 aromatic carbocycles. The fourth-order valence-electron chi connectivity index (χ4n) is 2.40. The van der Waals surface area contributed by atoms with E-state index < -0.39 is 46.1 Å². The number of amides is 2. The van der Waals surface area contributed by atoms with Crippen molar-refractivity contribution in [3.63, 3.8) is 0 Å². The number of nitro benzene ring substituents is 1. The molecule has 2 amide bonds. The molecule has 0 heterocycles. The lowest BCUT2D eigenvalue weighted by Gasteiger charge is -2.19. The molecular weight excluding hydrogens is 425 g/mol. The Morgan fingerprint density at radius 1 is 1.06 bits per heavy atom. The van der Waals surface area contributed by atoms with E-state index in [1.54, 1.807) is 20.8 Å². The van der Waals surface area contributed by atoms with Crippen molar-refractivity contribution in [3.05, 3.63) is 64.0 Å². The molecule has 0 saturated carbocycles. The standard InChI is InChI=1S/C21H22FN3O7/c1-12(18(26)23-15-8-9-16(22)17(11-15)25(29)30)31-19(27)13-6-5-7-14(10-13)24-20(28)32-21(2,3)4/h5-12H,1-4H3,(H,23,26)(H,24,28). The second-order valence-corrected chi connectivity index (χ2v) is 7.67. The van der Waals surface area contributed by atoms with Gasteiger partial charge in [-0.15, -0.1) is 0 Å². The number of nitro groups is 1. The zero-order valence-corrected chi connectivity index (χ0v) is 17.8. The minimum atomic E-state index is -1.27. The predicted molar refractivity (Wildman–Crippen MR) is 113 cm³/mol. The second kappa shape index (κ2) is 9.86. The molecule has 2 N–H and O–H groups in total. The van der Waals surface area contributed by atoms with Crippen LogP contribution in [0.1, 0.15) is 38.1 Å². The number of nitrogens with one attached hydrogen (secondary N) is 2. The van der Waals surface area contributed by atoms with E-state index in [2.05, 4.69) is 10.6 Å². The van der Waals surface area contributed by atoms with Crippen LogP contribution in [0, 0.1) is 15.9 Å². The number of benzene rings is 2. The topological polar surface area (TPSA) is 137 Å². The van der Waals surface area contributed by atoms with Crippen molar-refractivity contribution >= 4 is 35.0 Å². The van der Waals surface area contributed by atoms with Crippen molar-refractivity contribution in [2.45, 2.75) is 39.4 Å². The number of carbonyl (C=O) groups excluding carboxylic acids is 3. The first-order valence-corrected chi connectivity index (χ1v) is 9.41. The van der Waals surface area contributed by atoms with E-state index in [1.165, 1.54) is 31.2 Å². The van der Waals surface area contributed by atoms with Crippen molar-refractivity contribution in [1.82, 2.24) is 0 Å². The number of rotatable bonds is 6. The second-order valence-electron chi connectivity index (χ2n) is 7.67. The highest BCUT2D eigenvalue weighted by molar-refractivity contribution is 5.98. The van der Waals surface area contributed by atoms with Gasteiger partial charge in [0.2, 0.25) is 5.82 Å². The number of carbonyl (C=O) groups is 3. The molecule has 32 heavy (non-hydrogen) atoms. The van der Waals surface area contributed by atoms with Gasteiger partial charge in [0.1, 0.15) is 5.60 Å². The zero-order chi connectivity index (χ0) is 24.1. The normalized spacial score (nSPS) is 11.8. The Labute approximate surface area is 182 Å². The highest BCUT2D eigenvalue weighted by Gasteiger charge is 2.22. The van der Waals surface area contributed by atoms with E-state index >= 15 is 0 Å². The molecule has 0 aliphatic carbocycles. The third kappa shape index (κ3) is 7.04. The van der Waals surface area contributed by atoms with Crippen molar-refractivity contribution in [3.8, 4) is 0 Å². The molecule has 2 rings (SSSR count). The minimum absolute atomic E-state index is 0.0328. The van der Waals surface area contributed by atoms with Crippen molar-refractivity contribution in [1.29, 1.82) is 0 Å². The van der Waals surface area contributed by atoms with E-state index in [9.17, 15) is 28.9 Å². The first-order chi connectivity index (χ1) is 14.9. The SMILES string of the molecule is CC(OC(=O)c1cccc(NC(=O)OC(C)(C)C)c1)C(=O)Nc1ccc(F)c([N+](=O)[O-])c1. The van der Waals surface area contributed by atoms with Crippen molar-refractivity contribution < 1.29 is 33.2 Å². The molecule has 170 valence electrons. The molecule has 1 unspecified atom stereocenters. The maximum Gasteiger partial charge on any atom is 0.412 e. The molecule has 1 atom stereocenters. The number of nitrogens with zero attached hydrogens (tertiary/aromatic N) is 1. The number of hydrogen-bond acceptors (Lipinski definition) is 7. The molecule has 0 bridgehead atoms. The molecule has 0 saturated heterocycles. The van der Waals surface area contributed by atoms with E-state index in [0.29, 0.717) is 0 Å². The largest absolute Gasteiger partial charge is 0.449 e. The monoisotopic (exact) mass is 447 g/mol. The van der Waals surface area contributed by atoms with Crippen molar-refractivity contribution in [2.75, 3.05) is 10.6 Å². The number of anilines is 2. The Morgan fingerprint density at radius 3 is 2.34 bits per heavy atom. The summed E-state index contributed by atoms with van der Waals surface area (Å²) >= 11 is 0. The Kier molecular flexibility index (Phi) is 7.47. The Hall–Kier alpha value is -4.02. The summed E-state index contributed by atoms with van der Waals surface area (Å²) in [4.78, 5) is 46.4. The third-order valence-corrected chi connectivity index (χ3v) is 3.81. The van der Waals surface area contributed by atoms with Crippen LogP contribution in [0.4, 0.5) is 26.2 Å². The first kappa shape index (κ1) is 24.3. The van der Waals surface area contributed by atoms with Gasteiger partial charge in [-0.3, -0.25) is 20.2 Å². The molecule has 11 heteroatoms. The smallest absolute Gasteiger partial charge is 0.412 e. The summed E-state index contributed by atoms with van der Waals surface area (Å²) in [5.41, 5.74) is -1.19. The Morgan fingerprint density at radius 2 is 1.72 bits per heavy atom. The van der Waals surface area contributed by atoms with Gasteiger partial charge in [0, 0.05) is 17.4 Å². The van der Waals surface area contributed by atoms with Crippen LogP contribution in [-0.4, -0.2) is 34.6 Å². The Bertz CT molecular complexity index is 1050. The first-order valence-electron chi connectivity index (χ1n) is 9.41. The summed E-state index contributed by atoms with van der Waals surface area (Å²) in [5.74, 6) is -2.67. The van der Waals surface area contributed by atoms with Crippen molar-refractivity contribution in [2.24, 2.45) is 0 Å². The molecule has 0 aliphatic heterocycles. The van der Waals surface area contributed by atoms with E-state index in [-0.39, 0.29) is 16.9 Å². The minimum Gasteiger partial charge on any atom is -0.449 e. The summed E-state index contributed by atoms with van der Waals surface area (Å²) in [7, 11) is 0. The number of halogens is 1. The number of hydrogen-bond donors (Lipinski definition) is 2. The number of ether oxygens (including phenoxy) is 2. The average molecular weight is 447 g/mol. The summed E-state index contributed by atoms with van der Waals surface area (Å²) in [6.45, 7) is 6.42. The number of esters is 1. The van der Waals surface area contributed by atoms with Gasteiger partial charge in [-0.1, -0.05) is 6.07 Å². The summed E-state index contributed by atoms with van der Waals surface area (Å²) in [6.07, 6.45) is -1.97. The quantitative estimate of drug-likeness (QED) is 0.383.